The van der Waals surface area contributed by atoms with Crippen molar-refractivity contribution in [3.63, 3.8) is 0 Å². The molecule has 1 heterocycles. The molecule has 0 aromatic carbocycles. The van der Waals surface area contributed by atoms with E-state index in [2.05, 4.69) is 30.8 Å². The molecule has 1 fully saturated rings. The lowest BCUT2D eigenvalue weighted by atomic mass is 9.98. The predicted octanol–water partition coefficient (Wildman–Crippen LogP) is 1.67. The first-order valence-corrected chi connectivity index (χ1v) is 10.5. The number of rotatable bonds is 9. The average Bonchev–Trinajstić information content (AvgIpc) is 2.43. The van der Waals surface area contributed by atoms with Crippen molar-refractivity contribution >= 4 is 22.0 Å². The number of thioether (sulfide) groups is 1. The van der Waals surface area contributed by atoms with E-state index >= 15 is 0 Å². The van der Waals surface area contributed by atoms with Gasteiger partial charge in [0.2, 0.25) is 0 Å². The van der Waals surface area contributed by atoms with Gasteiger partial charge in [-0.05, 0) is 38.0 Å². The van der Waals surface area contributed by atoms with E-state index in [0.29, 0.717) is 25.0 Å². The van der Waals surface area contributed by atoms with E-state index in [4.69, 9.17) is 0 Å². The Morgan fingerprint density at radius 3 is 2.38 bits per heavy atom. The fourth-order valence-electron chi connectivity index (χ4n) is 2.41. The number of nitrogens with one attached hydrogen (secondary N) is 2. The van der Waals surface area contributed by atoms with Crippen molar-refractivity contribution in [1.82, 2.24) is 14.3 Å². The lowest BCUT2D eigenvalue weighted by Crippen LogP contribution is -2.49. The van der Waals surface area contributed by atoms with Gasteiger partial charge in [-0.15, -0.1) is 0 Å². The minimum absolute atomic E-state index is 0.0136. The first kappa shape index (κ1) is 19.2. The van der Waals surface area contributed by atoms with Crippen LogP contribution in [0.2, 0.25) is 0 Å². The zero-order valence-electron chi connectivity index (χ0n) is 13.8. The maximum Gasteiger partial charge on any atom is 0.279 e. The van der Waals surface area contributed by atoms with Crippen LogP contribution >= 0.6 is 11.8 Å². The van der Waals surface area contributed by atoms with E-state index in [-0.39, 0.29) is 6.04 Å². The Hall–Kier alpha value is 0.180. The molecule has 0 aliphatic carbocycles. The summed E-state index contributed by atoms with van der Waals surface area (Å²) >= 11 is 1.76. The summed E-state index contributed by atoms with van der Waals surface area (Å²) in [6.45, 7) is 10.5. The van der Waals surface area contributed by atoms with Crippen LogP contribution in [-0.2, 0) is 10.2 Å². The Labute approximate surface area is 134 Å². The average molecular weight is 338 g/mol. The summed E-state index contributed by atoms with van der Waals surface area (Å²) in [6.07, 6.45) is 1.89. The molecule has 0 aromatic rings. The first-order chi connectivity index (χ1) is 9.85. The van der Waals surface area contributed by atoms with Crippen molar-refractivity contribution in [2.24, 2.45) is 5.92 Å². The Bertz CT molecular complexity index is 380. The monoisotopic (exact) mass is 337 g/mol. The zero-order chi connectivity index (χ0) is 15.9. The van der Waals surface area contributed by atoms with E-state index in [1.165, 1.54) is 0 Å². The van der Waals surface area contributed by atoms with E-state index < -0.39 is 10.2 Å². The fourth-order valence-corrected chi connectivity index (χ4v) is 4.62. The van der Waals surface area contributed by atoms with E-state index in [0.717, 1.165) is 30.9 Å². The minimum Gasteiger partial charge on any atom is -0.314 e. The molecule has 1 aliphatic rings. The maximum absolute atomic E-state index is 12.3. The molecule has 2 N–H and O–H groups in total. The van der Waals surface area contributed by atoms with Crippen LogP contribution in [0, 0.1) is 5.92 Å². The fraction of sp³-hybridized carbons (Fsp3) is 1.00. The SMILES string of the molecule is CCSCC(C)NS(=O)(=O)N1CCC(CNC(C)C)CC1. The molecule has 5 nitrogen and oxygen atoms in total. The molecular weight excluding hydrogens is 306 g/mol. The van der Waals surface area contributed by atoms with E-state index in [1.807, 2.05) is 6.92 Å². The van der Waals surface area contributed by atoms with Crippen LogP contribution in [0.5, 0.6) is 0 Å². The van der Waals surface area contributed by atoms with Crippen LogP contribution in [0.3, 0.4) is 0 Å². The molecule has 0 amide bonds. The summed E-state index contributed by atoms with van der Waals surface area (Å²) in [5.74, 6) is 2.43. The molecule has 1 atom stereocenters. The second-order valence-corrected chi connectivity index (χ2v) is 9.11. The van der Waals surface area contributed by atoms with E-state index in [9.17, 15) is 8.42 Å². The van der Waals surface area contributed by atoms with Gasteiger partial charge in [-0.25, -0.2) is 0 Å². The van der Waals surface area contributed by atoms with Gasteiger partial charge in [0.15, 0.2) is 0 Å². The van der Waals surface area contributed by atoms with Gasteiger partial charge in [0, 0.05) is 30.9 Å². The second-order valence-electron chi connectivity index (χ2n) is 6.09. The zero-order valence-corrected chi connectivity index (χ0v) is 15.4. The highest BCUT2D eigenvalue weighted by Gasteiger charge is 2.28. The van der Waals surface area contributed by atoms with Gasteiger partial charge in [-0.3, -0.25) is 0 Å². The van der Waals surface area contributed by atoms with Crippen molar-refractivity contribution in [2.45, 2.75) is 52.6 Å². The molecule has 1 aliphatic heterocycles. The third-order valence-electron chi connectivity index (χ3n) is 3.65. The van der Waals surface area contributed by atoms with Gasteiger partial charge in [0.1, 0.15) is 0 Å². The molecule has 0 saturated carbocycles. The Kier molecular flexibility index (Phi) is 8.56. The van der Waals surface area contributed by atoms with Crippen LogP contribution in [-0.4, -0.2) is 55.9 Å². The van der Waals surface area contributed by atoms with Gasteiger partial charge in [-0.2, -0.15) is 29.2 Å². The first-order valence-electron chi connectivity index (χ1n) is 7.93. The largest absolute Gasteiger partial charge is 0.314 e. The van der Waals surface area contributed by atoms with Gasteiger partial charge < -0.3 is 5.32 Å². The third kappa shape index (κ3) is 7.32. The van der Waals surface area contributed by atoms with Crippen molar-refractivity contribution in [1.29, 1.82) is 0 Å². The molecule has 0 spiro atoms. The highest BCUT2D eigenvalue weighted by atomic mass is 32.2. The Morgan fingerprint density at radius 1 is 1.24 bits per heavy atom. The summed E-state index contributed by atoms with van der Waals surface area (Å²) in [4.78, 5) is 0. The topological polar surface area (TPSA) is 61.4 Å². The highest BCUT2D eigenvalue weighted by Crippen LogP contribution is 2.19. The molecule has 0 bridgehead atoms. The summed E-state index contributed by atoms with van der Waals surface area (Å²) in [5.41, 5.74) is 0. The number of nitrogens with zero attached hydrogens (tertiary/aromatic N) is 1. The molecule has 1 unspecified atom stereocenters. The van der Waals surface area contributed by atoms with Gasteiger partial charge in [0.25, 0.3) is 10.2 Å². The van der Waals surface area contributed by atoms with Gasteiger partial charge in [-0.1, -0.05) is 20.8 Å². The quantitative estimate of drug-likeness (QED) is 0.672. The molecular formula is C14H31N3O2S2. The third-order valence-corrected chi connectivity index (χ3v) is 6.54. The molecule has 1 rings (SSSR count). The summed E-state index contributed by atoms with van der Waals surface area (Å²) < 4.78 is 29.0. The Balaban J connectivity index is 2.37. The predicted molar refractivity (Wildman–Crippen MR) is 92.0 cm³/mol. The smallest absolute Gasteiger partial charge is 0.279 e. The van der Waals surface area contributed by atoms with Crippen molar-refractivity contribution in [2.75, 3.05) is 31.1 Å². The molecule has 0 aromatic heterocycles. The van der Waals surface area contributed by atoms with Crippen LogP contribution in [0.15, 0.2) is 0 Å². The summed E-state index contributed by atoms with van der Waals surface area (Å²) in [5, 5.41) is 3.44. The standard InChI is InChI=1S/C14H31N3O2S2/c1-5-20-11-13(4)16-21(18,19)17-8-6-14(7-9-17)10-15-12(2)3/h12-16H,5-11H2,1-4H3. The highest BCUT2D eigenvalue weighted by molar-refractivity contribution is 7.99. The number of hydrogen-bond acceptors (Lipinski definition) is 4. The summed E-state index contributed by atoms with van der Waals surface area (Å²) in [6, 6.07) is 0.477. The normalized spacial score (nSPS) is 20.0. The van der Waals surface area contributed by atoms with Crippen LogP contribution in [0.4, 0.5) is 0 Å². The Morgan fingerprint density at radius 2 is 1.86 bits per heavy atom. The lowest BCUT2D eigenvalue weighted by Gasteiger charge is -2.32. The molecule has 1 saturated heterocycles. The van der Waals surface area contributed by atoms with Crippen molar-refractivity contribution in [3.8, 4) is 0 Å². The molecule has 21 heavy (non-hydrogen) atoms. The minimum atomic E-state index is -3.32. The molecule has 0 radical (unpaired) electrons. The van der Waals surface area contributed by atoms with Crippen molar-refractivity contribution in [3.05, 3.63) is 0 Å². The second kappa shape index (κ2) is 9.35. The lowest BCUT2D eigenvalue weighted by molar-refractivity contribution is 0.261. The number of piperidine rings is 1. The molecule has 126 valence electrons. The maximum atomic E-state index is 12.3. The van der Waals surface area contributed by atoms with Gasteiger partial charge in [0.05, 0.1) is 0 Å². The van der Waals surface area contributed by atoms with Gasteiger partial charge >= 0.3 is 0 Å². The van der Waals surface area contributed by atoms with E-state index in [1.54, 1.807) is 16.1 Å². The van der Waals surface area contributed by atoms with Crippen LogP contribution < -0.4 is 10.0 Å². The summed E-state index contributed by atoms with van der Waals surface area (Å²) in [7, 11) is -3.32. The van der Waals surface area contributed by atoms with Crippen molar-refractivity contribution < 1.29 is 8.42 Å². The molecule has 7 heteroatoms. The number of hydrogen-bond donors (Lipinski definition) is 2. The van der Waals surface area contributed by atoms with Crippen LogP contribution in [0.1, 0.15) is 40.5 Å². The van der Waals surface area contributed by atoms with Crippen LogP contribution in [0.25, 0.3) is 0 Å².